The van der Waals surface area contributed by atoms with Crippen LogP contribution in [-0.4, -0.2) is 18.2 Å². The molecule has 82 valence electrons. The minimum absolute atomic E-state index is 0.0281. The van der Waals surface area contributed by atoms with Crippen LogP contribution in [-0.2, 0) is 9.53 Å². The molecule has 0 amide bonds. The number of rotatable bonds is 3. The molecule has 0 aliphatic heterocycles. The lowest BCUT2D eigenvalue weighted by Gasteiger charge is -2.11. The summed E-state index contributed by atoms with van der Waals surface area (Å²) in [7, 11) is 1.36. The highest BCUT2D eigenvalue weighted by atomic mass is 16.5. The molecule has 1 aromatic carbocycles. The first kappa shape index (κ1) is 11.4. The van der Waals surface area contributed by atoms with Gasteiger partial charge in [-0.15, -0.1) is 0 Å². The molecule has 0 heterocycles. The van der Waals surface area contributed by atoms with Crippen molar-refractivity contribution < 1.29 is 14.6 Å². The van der Waals surface area contributed by atoms with Gasteiger partial charge in [-0.05, 0) is 23.6 Å². The Bertz CT molecular complexity index is 363. The second-order valence-electron chi connectivity index (χ2n) is 3.50. The smallest absolute Gasteiger partial charge is 0.306 e. The van der Waals surface area contributed by atoms with Crippen LogP contribution in [0.15, 0.2) is 18.2 Å². The van der Waals surface area contributed by atoms with Crippen molar-refractivity contribution in [1.82, 2.24) is 0 Å². The minimum Gasteiger partial charge on any atom is -0.506 e. The van der Waals surface area contributed by atoms with Crippen molar-refractivity contribution in [3.8, 4) is 5.75 Å². The summed E-state index contributed by atoms with van der Waals surface area (Å²) in [5.74, 6) is -0.168. The van der Waals surface area contributed by atoms with Crippen molar-refractivity contribution in [2.45, 2.75) is 19.3 Å². The Morgan fingerprint density at radius 2 is 2.27 bits per heavy atom. The van der Waals surface area contributed by atoms with E-state index in [-0.39, 0.29) is 17.6 Å². The average molecular weight is 209 g/mol. The van der Waals surface area contributed by atoms with Crippen LogP contribution < -0.4 is 5.73 Å². The summed E-state index contributed by atoms with van der Waals surface area (Å²) < 4.78 is 4.58. The molecule has 0 fully saturated rings. The van der Waals surface area contributed by atoms with Gasteiger partial charge in [0.1, 0.15) is 5.75 Å². The summed E-state index contributed by atoms with van der Waals surface area (Å²) in [6.07, 6.45) is 0.306. The Kier molecular flexibility index (Phi) is 3.55. The lowest BCUT2D eigenvalue weighted by atomic mass is 9.97. The third kappa shape index (κ3) is 2.87. The molecule has 3 N–H and O–H groups in total. The number of ether oxygens (including phenoxy) is 1. The van der Waals surface area contributed by atoms with E-state index in [4.69, 9.17) is 5.73 Å². The summed E-state index contributed by atoms with van der Waals surface area (Å²) in [6.45, 7) is 1.91. The monoisotopic (exact) mass is 209 g/mol. The number of esters is 1. The molecular weight excluding hydrogens is 194 g/mol. The van der Waals surface area contributed by atoms with E-state index < -0.39 is 0 Å². The third-order valence-corrected chi connectivity index (χ3v) is 2.32. The van der Waals surface area contributed by atoms with Gasteiger partial charge in [-0.3, -0.25) is 4.79 Å². The van der Waals surface area contributed by atoms with Crippen molar-refractivity contribution in [3.05, 3.63) is 23.8 Å². The van der Waals surface area contributed by atoms with E-state index in [2.05, 4.69) is 4.74 Å². The van der Waals surface area contributed by atoms with Crippen molar-refractivity contribution in [2.24, 2.45) is 0 Å². The molecule has 1 atom stereocenters. The van der Waals surface area contributed by atoms with Crippen molar-refractivity contribution >= 4 is 11.7 Å². The first-order chi connectivity index (χ1) is 7.04. The molecule has 0 saturated carbocycles. The molecule has 0 bridgehead atoms. The fraction of sp³-hybridized carbons (Fsp3) is 0.364. The summed E-state index contributed by atoms with van der Waals surface area (Å²) >= 11 is 0. The zero-order valence-electron chi connectivity index (χ0n) is 8.86. The fourth-order valence-corrected chi connectivity index (χ4v) is 1.33. The second-order valence-corrected chi connectivity index (χ2v) is 3.50. The number of aromatic hydroxyl groups is 1. The zero-order chi connectivity index (χ0) is 11.4. The molecule has 1 unspecified atom stereocenters. The fourth-order valence-electron chi connectivity index (χ4n) is 1.33. The summed E-state index contributed by atoms with van der Waals surface area (Å²) in [6, 6.07) is 4.95. The average Bonchev–Trinajstić information content (AvgIpc) is 2.21. The molecule has 1 aromatic rings. The SMILES string of the molecule is COC(=O)CC(C)c1ccc(O)c(N)c1. The van der Waals surface area contributed by atoms with Gasteiger partial charge in [0.15, 0.2) is 0 Å². The Morgan fingerprint density at radius 1 is 1.60 bits per heavy atom. The maximum absolute atomic E-state index is 11.0. The number of hydrogen-bond acceptors (Lipinski definition) is 4. The number of nitrogens with two attached hydrogens (primary N) is 1. The molecule has 4 nitrogen and oxygen atoms in total. The molecule has 0 spiro atoms. The molecule has 0 aliphatic carbocycles. The number of nitrogen functional groups attached to an aromatic ring is 1. The highest BCUT2D eigenvalue weighted by Crippen LogP contribution is 2.26. The van der Waals surface area contributed by atoms with Crippen LogP contribution in [0.1, 0.15) is 24.8 Å². The largest absolute Gasteiger partial charge is 0.506 e. The van der Waals surface area contributed by atoms with Gasteiger partial charge in [0.25, 0.3) is 0 Å². The summed E-state index contributed by atoms with van der Waals surface area (Å²) in [5.41, 5.74) is 6.79. The first-order valence-electron chi connectivity index (χ1n) is 4.69. The number of benzene rings is 1. The number of phenols is 1. The summed E-state index contributed by atoms with van der Waals surface area (Å²) in [5, 5.41) is 9.24. The van der Waals surface area contributed by atoms with Gasteiger partial charge in [0.05, 0.1) is 19.2 Å². The Balaban J connectivity index is 2.78. The normalized spacial score (nSPS) is 12.1. The van der Waals surface area contributed by atoms with Crippen molar-refractivity contribution in [3.63, 3.8) is 0 Å². The van der Waals surface area contributed by atoms with Crippen LogP contribution in [0.3, 0.4) is 0 Å². The van der Waals surface area contributed by atoms with Gasteiger partial charge in [0.2, 0.25) is 0 Å². The van der Waals surface area contributed by atoms with Crippen LogP contribution in [0.5, 0.6) is 5.75 Å². The van der Waals surface area contributed by atoms with E-state index in [1.165, 1.54) is 13.2 Å². The number of methoxy groups -OCH3 is 1. The number of anilines is 1. The van der Waals surface area contributed by atoms with Crippen LogP contribution in [0.4, 0.5) is 5.69 Å². The lowest BCUT2D eigenvalue weighted by molar-refractivity contribution is -0.140. The van der Waals surface area contributed by atoms with Crippen LogP contribution in [0.2, 0.25) is 0 Å². The lowest BCUT2D eigenvalue weighted by Crippen LogP contribution is -2.06. The molecule has 0 radical (unpaired) electrons. The van der Waals surface area contributed by atoms with E-state index in [0.717, 1.165) is 5.56 Å². The number of phenolic OH excluding ortho intramolecular Hbond substituents is 1. The van der Waals surface area contributed by atoms with Gasteiger partial charge >= 0.3 is 5.97 Å². The standard InChI is InChI=1S/C11H15NO3/c1-7(5-11(14)15-2)8-3-4-10(13)9(12)6-8/h3-4,6-7,13H,5,12H2,1-2H3. The number of carbonyl (C=O) groups excluding carboxylic acids is 1. The van der Waals surface area contributed by atoms with Gasteiger partial charge < -0.3 is 15.6 Å². The molecule has 0 aromatic heterocycles. The van der Waals surface area contributed by atoms with Gasteiger partial charge in [-0.25, -0.2) is 0 Å². The molecule has 4 heteroatoms. The highest BCUT2D eigenvalue weighted by Gasteiger charge is 2.12. The van der Waals surface area contributed by atoms with E-state index in [9.17, 15) is 9.90 Å². The van der Waals surface area contributed by atoms with Crippen LogP contribution >= 0.6 is 0 Å². The maximum Gasteiger partial charge on any atom is 0.306 e. The Morgan fingerprint density at radius 3 is 2.80 bits per heavy atom. The predicted octanol–water partition coefficient (Wildman–Crippen LogP) is 1.64. The molecule has 15 heavy (non-hydrogen) atoms. The van der Waals surface area contributed by atoms with Crippen LogP contribution in [0, 0.1) is 0 Å². The van der Waals surface area contributed by atoms with Crippen molar-refractivity contribution in [1.29, 1.82) is 0 Å². The minimum atomic E-state index is -0.255. The highest BCUT2D eigenvalue weighted by molar-refractivity contribution is 5.70. The quantitative estimate of drug-likeness (QED) is 0.451. The van der Waals surface area contributed by atoms with Gasteiger partial charge in [0, 0.05) is 0 Å². The molecule has 0 aliphatic rings. The van der Waals surface area contributed by atoms with Crippen LogP contribution in [0.25, 0.3) is 0 Å². The molecular formula is C11H15NO3. The van der Waals surface area contributed by atoms with E-state index in [1.54, 1.807) is 12.1 Å². The zero-order valence-corrected chi connectivity index (χ0v) is 8.86. The summed E-state index contributed by atoms with van der Waals surface area (Å²) in [4.78, 5) is 11.0. The Hall–Kier alpha value is -1.71. The third-order valence-electron chi connectivity index (χ3n) is 2.32. The van der Waals surface area contributed by atoms with Gasteiger partial charge in [-0.2, -0.15) is 0 Å². The topological polar surface area (TPSA) is 72.5 Å². The van der Waals surface area contributed by atoms with E-state index in [1.807, 2.05) is 6.92 Å². The van der Waals surface area contributed by atoms with E-state index >= 15 is 0 Å². The predicted molar refractivity (Wildman–Crippen MR) is 57.6 cm³/mol. The molecule has 0 saturated heterocycles. The second kappa shape index (κ2) is 4.68. The maximum atomic E-state index is 11.0. The first-order valence-corrected chi connectivity index (χ1v) is 4.69. The van der Waals surface area contributed by atoms with E-state index in [0.29, 0.717) is 12.1 Å². The number of hydrogen-bond donors (Lipinski definition) is 2. The van der Waals surface area contributed by atoms with Crippen molar-refractivity contribution in [2.75, 3.05) is 12.8 Å². The Labute approximate surface area is 88.7 Å². The van der Waals surface area contributed by atoms with Gasteiger partial charge in [-0.1, -0.05) is 13.0 Å². The number of carbonyl (C=O) groups is 1. The molecule has 1 rings (SSSR count).